The van der Waals surface area contributed by atoms with Crippen LogP contribution in [-0.2, 0) is 17.9 Å². The Morgan fingerprint density at radius 2 is 1.82 bits per heavy atom. The number of nitrogens with zero attached hydrogens (tertiary/aromatic N) is 5. The normalized spacial score (nSPS) is 14.8. The Bertz CT molecular complexity index is 1220. The number of carbonyl (C=O) groups excluding carboxylic acids is 1. The van der Waals surface area contributed by atoms with Gasteiger partial charge >= 0.3 is 0 Å². The summed E-state index contributed by atoms with van der Waals surface area (Å²) in [5.41, 5.74) is 1.35. The van der Waals surface area contributed by atoms with Crippen LogP contribution in [0, 0.1) is 0 Å². The zero-order valence-corrected chi connectivity index (χ0v) is 20.3. The predicted octanol–water partition coefficient (Wildman–Crippen LogP) is 4.62. The monoisotopic (exact) mass is 477 g/mol. The van der Waals surface area contributed by atoms with Gasteiger partial charge in [-0.1, -0.05) is 60.3 Å². The molecule has 1 aliphatic rings. The van der Waals surface area contributed by atoms with Gasteiger partial charge in [0.15, 0.2) is 11.0 Å². The number of thiophene rings is 1. The standard InChI is InChI=1S/C25H27N5OS2/c1-2-30-24(22-11-6-16-32-22)26-27-25(30)33-18-23(31)29-14-12-28(13-15-29)17-20-9-5-8-19-7-3-4-10-21(19)20/h3-11,16H,2,12-15,17-18H2,1H3. The highest BCUT2D eigenvalue weighted by atomic mass is 32.2. The van der Waals surface area contributed by atoms with Crippen molar-refractivity contribution < 1.29 is 4.79 Å². The van der Waals surface area contributed by atoms with Crippen molar-refractivity contribution in [3.8, 4) is 10.7 Å². The third-order valence-electron chi connectivity index (χ3n) is 6.10. The zero-order valence-electron chi connectivity index (χ0n) is 18.7. The maximum absolute atomic E-state index is 12.9. The Hall–Kier alpha value is -2.68. The molecule has 1 fully saturated rings. The van der Waals surface area contributed by atoms with Crippen molar-refractivity contribution in [2.24, 2.45) is 0 Å². The van der Waals surface area contributed by atoms with E-state index in [1.807, 2.05) is 16.3 Å². The van der Waals surface area contributed by atoms with E-state index in [0.29, 0.717) is 5.75 Å². The molecular weight excluding hydrogens is 450 g/mol. The summed E-state index contributed by atoms with van der Waals surface area (Å²) in [6.07, 6.45) is 0. The molecule has 6 nitrogen and oxygen atoms in total. The third-order valence-corrected chi connectivity index (χ3v) is 7.92. The highest BCUT2D eigenvalue weighted by molar-refractivity contribution is 7.99. The van der Waals surface area contributed by atoms with Crippen LogP contribution >= 0.6 is 23.1 Å². The molecule has 33 heavy (non-hydrogen) atoms. The molecule has 0 radical (unpaired) electrons. The second-order valence-corrected chi connectivity index (χ2v) is 10.0. The first-order valence-electron chi connectivity index (χ1n) is 11.3. The van der Waals surface area contributed by atoms with Gasteiger partial charge in [0, 0.05) is 39.3 Å². The summed E-state index contributed by atoms with van der Waals surface area (Å²) in [6.45, 7) is 7.12. The van der Waals surface area contributed by atoms with Crippen LogP contribution in [0.25, 0.3) is 21.5 Å². The molecule has 3 heterocycles. The topological polar surface area (TPSA) is 54.3 Å². The number of fused-ring (bicyclic) bond motifs is 1. The van der Waals surface area contributed by atoms with E-state index in [9.17, 15) is 4.79 Å². The lowest BCUT2D eigenvalue weighted by molar-refractivity contribution is -0.130. The lowest BCUT2D eigenvalue weighted by atomic mass is 10.0. The molecule has 0 aliphatic carbocycles. The van der Waals surface area contributed by atoms with Crippen LogP contribution in [0.2, 0.25) is 0 Å². The molecule has 2 aromatic heterocycles. The van der Waals surface area contributed by atoms with Crippen LogP contribution in [0.4, 0.5) is 0 Å². The number of rotatable bonds is 7. The van der Waals surface area contributed by atoms with Crippen molar-refractivity contribution >= 4 is 39.8 Å². The van der Waals surface area contributed by atoms with Gasteiger partial charge in [0.25, 0.3) is 0 Å². The zero-order chi connectivity index (χ0) is 22.6. The molecule has 0 spiro atoms. The quantitative estimate of drug-likeness (QED) is 0.364. The summed E-state index contributed by atoms with van der Waals surface area (Å²) in [5, 5.41) is 14.2. The highest BCUT2D eigenvalue weighted by Crippen LogP contribution is 2.27. The first-order chi connectivity index (χ1) is 16.2. The highest BCUT2D eigenvalue weighted by Gasteiger charge is 2.23. The van der Waals surface area contributed by atoms with Gasteiger partial charge in [0.05, 0.1) is 10.6 Å². The number of hydrogen-bond donors (Lipinski definition) is 0. The Kier molecular flexibility index (Phi) is 6.75. The van der Waals surface area contributed by atoms with Crippen LogP contribution < -0.4 is 0 Å². The number of hydrogen-bond acceptors (Lipinski definition) is 6. The van der Waals surface area contributed by atoms with Crippen molar-refractivity contribution in [1.29, 1.82) is 0 Å². The van der Waals surface area contributed by atoms with Gasteiger partial charge in [-0.2, -0.15) is 0 Å². The molecule has 0 bridgehead atoms. The van der Waals surface area contributed by atoms with E-state index >= 15 is 0 Å². The number of thioether (sulfide) groups is 1. The van der Waals surface area contributed by atoms with E-state index in [-0.39, 0.29) is 5.91 Å². The molecule has 0 unspecified atom stereocenters. The van der Waals surface area contributed by atoms with E-state index in [2.05, 4.69) is 75.1 Å². The van der Waals surface area contributed by atoms with Crippen molar-refractivity contribution in [3.05, 3.63) is 65.5 Å². The maximum Gasteiger partial charge on any atom is 0.233 e. The SMILES string of the molecule is CCn1c(SCC(=O)N2CCN(Cc3cccc4ccccc34)CC2)nnc1-c1cccs1. The molecule has 170 valence electrons. The lowest BCUT2D eigenvalue weighted by Gasteiger charge is -2.35. The fourth-order valence-electron chi connectivity index (χ4n) is 4.31. The van der Waals surface area contributed by atoms with Crippen molar-refractivity contribution in [3.63, 3.8) is 0 Å². The Morgan fingerprint density at radius 3 is 2.61 bits per heavy atom. The molecular formula is C25H27N5OS2. The van der Waals surface area contributed by atoms with Gasteiger partial charge < -0.3 is 9.47 Å². The molecule has 1 saturated heterocycles. The smallest absolute Gasteiger partial charge is 0.233 e. The van der Waals surface area contributed by atoms with E-state index < -0.39 is 0 Å². The summed E-state index contributed by atoms with van der Waals surface area (Å²) in [4.78, 5) is 18.4. The Balaban J connectivity index is 1.15. The molecule has 0 N–H and O–H groups in total. The summed E-state index contributed by atoms with van der Waals surface area (Å²) >= 11 is 3.14. The summed E-state index contributed by atoms with van der Waals surface area (Å²) in [5.74, 6) is 1.45. The second kappa shape index (κ2) is 10.1. The molecule has 4 aromatic rings. The van der Waals surface area contributed by atoms with E-state index in [1.54, 1.807) is 11.3 Å². The van der Waals surface area contributed by atoms with Gasteiger partial charge in [-0.15, -0.1) is 21.5 Å². The first-order valence-corrected chi connectivity index (χ1v) is 13.2. The van der Waals surface area contributed by atoms with Crippen LogP contribution in [0.15, 0.2) is 65.1 Å². The predicted molar refractivity (Wildman–Crippen MR) is 136 cm³/mol. The van der Waals surface area contributed by atoms with Crippen LogP contribution in [0.1, 0.15) is 12.5 Å². The average Bonchev–Trinajstić information content (AvgIpc) is 3.53. The van der Waals surface area contributed by atoms with Gasteiger partial charge in [0.1, 0.15) is 0 Å². The second-order valence-electron chi connectivity index (χ2n) is 8.11. The van der Waals surface area contributed by atoms with Gasteiger partial charge in [-0.3, -0.25) is 9.69 Å². The van der Waals surface area contributed by atoms with Gasteiger partial charge in [-0.05, 0) is 34.7 Å². The molecule has 5 rings (SSSR count). The molecule has 1 amide bonds. The summed E-state index contributed by atoms with van der Waals surface area (Å²) in [7, 11) is 0. The average molecular weight is 478 g/mol. The van der Waals surface area contributed by atoms with Gasteiger partial charge in [0.2, 0.25) is 5.91 Å². The lowest BCUT2D eigenvalue weighted by Crippen LogP contribution is -2.48. The molecule has 0 atom stereocenters. The van der Waals surface area contributed by atoms with Gasteiger partial charge in [-0.25, -0.2) is 0 Å². The molecule has 8 heteroatoms. The van der Waals surface area contributed by atoms with Crippen LogP contribution in [-0.4, -0.2) is 62.4 Å². The molecule has 0 saturated carbocycles. The Labute approximate surface area is 202 Å². The van der Waals surface area contributed by atoms with E-state index in [4.69, 9.17) is 0 Å². The summed E-state index contributed by atoms with van der Waals surface area (Å²) in [6, 6.07) is 19.1. The fraction of sp³-hybridized carbons (Fsp3) is 0.320. The van der Waals surface area contributed by atoms with E-state index in [0.717, 1.165) is 55.1 Å². The number of piperazine rings is 1. The fourth-order valence-corrected chi connectivity index (χ4v) is 5.94. The van der Waals surface area contributed by atoms with Crippen LogP contribution in [0.5, 0.6) is 0 Å². The minimum Gasteiger partial charge on any atom is -0.339 e. The number of amides is 1. The third kappa shape index (κ3) is 4.83. The summed E-state index contributed by atoms with van der Waals surface area (Å²) < 4.78 is 2.09. The molecule has 2 aromatic carbocycles. The van der Waals surface area contributed by atoms with Crippen molar-refractivity contribution in [1.82, 2.24) is 24.6 Å². The number of benzene rings is 2. The maximum atomic E-state index is 12.9. The Morgan fingerprint density at radius 1 is 1.00 bits per heavy atom. The minimum absolute atomic E-state index is 0.174. The van der Waals surface area contributed by atoms with Crippen molar-refractivity contribution in [2.75, 3.05) is 31.9 Å². The molecule has 1 aliphatic heterocycles. The largest absolute Gasteiger partial charge is 0.339 e. The minimum atomic E-state index is 0.174. The first kappa shape index (κ1) is 22.1. The number of carbonyl (C=O) groups is 1. The van der Waals surface area contributed by atoms with Crippen LogP contribution in [0.3, 0.4) is 0 Å². The van der Waals surface area contributed by atoms with E-state index in [1.165, 1.54) is 28.1 Å². The van der Waals surface area contributed by atoms with Crippen molar-refractivity contribution in [2.45, 2.75) is 25.2 Å². The number of aromatic nitrogens is 3.